The summed E-state index contributed by atoms with van der Waals surface area (Å²) >= 11 is 4.90. The Morgan fingerprint density at radius 2 is 2.00 bits per heavy atom. The number of hydrogen-bond donors (Lipinski definition) is 2. The second-order valence-electron chi connectivity index (χ2n) is 6.41. The van der Waals surface area contributed by atoms with Gasteiger partial charge in [-0.3, -0.25) is 9.59 Å². The van der Waals surface area contributed by atoms with Gasteiger partial charge in [0.1, 0.15) is 6.04 Å². The molecule has 0 radical (unpaired) electrons. The molecule has 1 atom stereocenters. The fraction of sp³-hybridized carbons (Fsp3) is 0.389. The van der Waals surface area contributed by atoms with Gasteiger partial charge in [-0.1, -0.05) is 26.0 Å². The molecule has 132 valence electrons. The van der Waals surface area contributed by atoms with Gasteiger partial charge < -0.3 is 10.6 Å². The number of rotatable bonds is 5. The zero-order valence-corrected chi connectivity index (χ0v) is 16.5. The Kier molecular flexibility index (Phi) is 5.54. The number of fused-ring (bicyclic) bond motifs is 1. The van der Waals surface area contributed by atoms with E-state index in [1.54, 1.807) is 18.2 Å². The minimum Gasteiger partial charge on any atom is -0.340 e. The summed E-state index contributed by atoms with van der Waals surface area (Å²) < 4.78 is 0.701. The number of anilines is 1. The number of nitrogens with one attached hydrogen (secondary N) is 2. The van der Waals surface area contributed by atoms with Crippen LogP contribution in [0.25, 0.3) is 0 Å². The Morgan fingerprint density at radius 1 is 1.24 bits per heavy atom. The minimum absolute atomic E-state index is 0.0433. The SMILES string of the molecule is CC(C)[C@H](NC(=O)c1ccccc1Br)C(=O)Nc1nc2c(s1)CCC2. The highest BCUT2D eigenvalue weighted by molar-refractivity contribution is 9.10. The number of nitrogens with zero attached hydrogens (tertiary/aromatic N) is 1. The Labute approximate surface area is 159 Å². The number of aryl methyl sites for hydroxylation is 2. The molecule has 0 bridgehead atoms. The smallest absolute Gasteiger partial charge is 0.253 e. The molecular weight excluding hydrogens is 402 g/mol. The number of carbonyl (C=O) groups excluding carboxylic acids is 2. The van der Waals surface area contributed by atoms with Crippen LogP contribution in [0.15, 0.2) is 28.7 Å². The minimum atomic E-state index is -0.627. The molecule has 2 N–H and O–H groups in total. The Balaban J connectivity index is 1.70. The van der Waals surface area contributed by atoms with E-state index >= 15 is 0 Å². The van der Waals surface area contributed by atoms with E-state index in [1.165, 1.54) is 16.2 Å². The number of amides is 2. The molecule has 3 rings (SSSR count). The van der Waals surface area contributed by atoms with Crippen molar-refractivity contribution in [1.29, 1.82) is 0 Å². The molecule has 1 aromatic carbocycles. The van der Waals surface area contributed by atoms with Crippen molar-refractivity contribution in [2.45, 2.75) is 39.2 Å². The van der Waals surface area contributed by atoms with Gasteiger partial charge in [0.05, 0.1) is 11.3 Å². The first-order valence-electron chi connectivity index (χ1n) is 8.30. The molecule has 1 aromatic heterocycles. The van der Waals surface area contributed by atoms with Crippen LogP contribution >= 0.6 is 27.3 Å². The van der Waals surface area contributed by atoms with Gasteiger partial charge in [-0.05, 0) is 53.2 Å². The molecular formula is C18H20BrN3O2S. The molecule has 0 spiro atoms. The summed E-state index contributed by atoms with van der Waals surface area (Å²) in [4.78, 5) is 30.9. The quantitative estimate of drug-likeness (QED) is 0.771. The maximum absolute atomic E-state index is 12.7. The lowest BCUT2D eigenvalue weighted by Gasteiger charge is -2.21. The van der Waals surface area contributed by atoms with Crippen LogP contribution in [0.3, 0.4) is 0 Å². The van der Waals surface area contributed by atoms with Crippen molar-refractivity contribution in [2.75, 3.05) is 5.32 Å². The van der Waals surface area contributed by atoms with Gasteiger partial charge in [-0.15, -0.1) is 11.3 Å². The summed E-state index contributed by atoms with van der Waals surface area (Å²) in [6, 6.07) is 6.53. The van der Waals surface area contributed by atoms with Crippen LogP contribution in [-0.4, -0.2) is 22.8 Å². The molecule has 0 unspecified atom stereocenters. The highest BCUT2D eigenvalue weighted by Crippen LogP contribution is 2.30. The van der Waals surface area contributed by atoms with E-state index in [4.69, 9.17) is 0 Å². The highest BCUT2D eigenvalue weighted by Gasteiger charge is 2.27. The largest absolute Gasteiger partial charge is 0.340 e. The monoisotopic (exact) mass is 421 g/mol. The van der Waals surface area contributed by atoms with Crippen molar-refractivity contribution in [3.8, 4) is 0 Å². The molecule has 7 heteroatoms. The second-order valence-corrected chi connectivity index (χ2v) is 8.34. The van der Waals surface area contributed by atoms with Crippen LogP contribution in [0.5, 0.6) is 0 Å². The predicted octanol–water partition coefficient (Wildman–Crippen LogP) is 3.79. The fourth-order valence-electron chi connectivity index (χ4n) is 2.83. The van der Waals surface area contributed by atoms with Gasteiger partial charge in [0.25, 0.3) is 5.91 Å². The maximum Gasteiger partial charge on any atom is 0.253 e. The van der Waals surface area contributed by atoms with Crippen molar-refractivity contribution in [2.24, 2.45) is 5.92 Å². The van der Waals surface area contributed by atoms with Crippen molar-refractivity contribution in [3.63, 3.8) is 0 Å². The average Bonchev–Trinajstić information content (AvgIpc) is 3.13. The Hall–Kier alpha value is -1.73. The van der Waals surface area contributed by atoms with Crippen molar-refractivity contribution in [1.82, 2.24) is 10.3 Å². The molecule has 0 fully saturated rings. The molecule has 1 heterocycles. The standard InChI is InChI=1S/C18H20BrN3O2S/c1-10(2)15(21-16(23)11-6-3-4-7-12(11)19)17(24)22-18-20-13-8-5-9-14(13)25-18/h3-4,6-7,10,15H,5,8-9H2,1-2H3,(H,21,23)(H,20,22,24)/t15-/m0/s1. The van der Waals surface area contributed by atoms with Gasteiger partial charge in [-0.2, -0.15) is 0 Å². The molecule has 0 saturated carbocycles. The third-order valence-corrected chi connectivity index (χ3v) is 5.94. The lowest BCUT2D eigenvalue weighted by atomic mass is 10.0. The molecule has 2 aromatic rings. The first kappa shape index (κ1) is 18.1. The van der Waals surface area contributed by atoms with Gasteiger partial charge >= 0.3 is 0 Å². The van der Waals surface area contributed by atoms with Gasteiger partial charge in [0.15, 0.2) is 5.13 Å². The van der Waals surface area contributed by atoms with Crippen LogP contribution in [0.4, 0.5) is 5.13 Å². The van der Waals surface area contributed by atoms with Crippen LogP contribution in [0.1, 0.15) is 41.2 Å². The van der Waals surface area contributed by atoms with Gasteiger partial charge in [0, 0.05) is 9.35 Å². The van der Waals surface area contributed by atoms with Crippen LogP contribution in [0.2, 0.25) is 0 Å². The van der Waals surface area contributed by atoms with E-state index in [0.29, 0.717) is 15.2 Å². The summed E-state index contributed by atoms with van der Waals surface area (Å²) in [5, 5.41) is 6.33. The van der Waals surface area contributed by atoms with E-state index in [1.807, 2.05) is 19.9 Å². The van der Waals surface area contributed by atoms with E-state index in [0.717, 1.165) is 25.0 Å². The summed E-state index contributed by atoms with van der Waals surface area (Å²) in [7, 11) is 0. The first-order valence-corrected chi connectivity index (χ1v) is 9.91. The number of aromatic nitrogens is 1. The lowest BCUT2D eigenvalue weighted by Crippen LogP contribution is -2.47. The third-order valence-electron chi connectivity index (χ3n) is 4.18. The number of thiazole rings is 1. The average molecular weight is 422 g/mol. The summed E-state index contributed by atoms with van der Waals surface area (Å²) in [5.41, 5.74) is 1.60. The van der Waals surface area contributed by atoms with Crippen LogP contribution in [0, 0.1) is 5.92 Å². The summed E-state index contributed by atoms with van der Waals surface area (Å²) in [5.74, 6) is -0.552. The van der Waals surface area contributed by atoms with E-state index in [9.17, 15) is 9.59 Å². The predicted molar refractivity (Wildman–Crippen MR) is 103 cm³/mol. The third kappa shape index (κ3) is 4.10. The summed E-state index contributed by atoms with van der Waals surface area (Å²) in [6.07, 6.45) is 3.16. The molecule has 5 nitrogen and oxygen atoms in total. The highest BCUT2D eigenvalue weighted by atomic mass is 79.9. The zero-order chi connectivity index (χ0) is 18.0. The maximum atomic E-state index is 12.7. The number of benzene rings is 1. The van der Waals surface area contributed by atoms with E-state index in [-0.39, 0.29) is 17.7 Å². The lowest BCUT2D eigenvalue weighted by molar-refractivity contribution is -0.118. The number of carbonyl (C=O) groups is 2. The molecule has 0 saturated heterocycles. The van der Waals surface area contributed by atoms with E-state index in [2.05, 4.69) is 31.5 Å². The number of halogens is 1. The normalized spacial score (nSPS) is 14.2. The van der Waals surface area contributed by atoms with Crippen molar-refractivity contribution < 1.29 is 9.59 Å². The van der Waals surface area contributed by atoms with Crippen molar-refractivity contribution in [3.05, 3.63) is 44.9 Å². The second kappa shape index (κ2) is 7.66. The molecule has 1 aliphatic carbocycles. The fourth-order valence-corrected chi connectivity index (χ4v) is 4.34. The summed E-state index contributed by atoms with van der Waals surface area (Å²) in [6.45, 7) is 3.82. The van der Waals surface area contributed by atoms with E-state index < -0.39 is 6.04 Å². The molecule has 0 aliphatic heterocycles. The Bertz CT molecular complexity index is 782. The van der Waals surface area contributed by atoms with Crippen molar-refractivity contribution >= 4 is 44.2 Å². The topological polar surface area (TPSA) is 71.1 Å². The van der Waals surface area contributed by atoms with Crippen LogP contribution < -0.4 is 10.6 Å². The number of hydrogen-bond acceptors (Lipinski definition) is 4. The molecule has 1 aliphatic rings. The van der Waals surface area contributed by atoms with Gasteiger partial charge in [-0.25, -0.2) is 4.98 Å². The van der Waals surface area contributed by atoms with Gasteiger partial charge in [0.2, 0.25) is 5.91 Å². The van der Waals surface area contributed by atoms with Crippen LogP contribution in [-0.2, 0) is 17.6 Å². The molecule has 25 heavy (non-hydrogen) atoms. The Morgan fingerprint density at radius 3 is 2.68 bits per heavy atom. The molecule has 2 amide bonds. The first-order chi connectivity index (χ1) is 12.0. The zero-order valence-electron chi connectivity index (χ0n) is 14.1.